The molecule has 10 heteroatoms. The Morgan fingerprint density at radius 2 is 1.77 bits per heavy atom. The number of carbonyl (C=O) groups excluding carboxylic acids is 2. The van der Waals surface area contributed by atoms with Gasteiger partial charge >= 0.3 is 11.5 Å². The normalized spacial score (nSPS) is 20.1. The lowest BCUT2D eigenvalue weighted by atomic mass is 9.94. The molecule has 0 unspecified atom stereocenters. The quantitative estimate of drug-likeness (QED) is 0.359. The van der Waals surface area contributed by atoms with E-state index in [1.165, 1.54) is 43.5 Å². The Morgan fingerprint density at radius 1 is 1.09 bits per heavy atom. The summed E-state index contributed by atoms with van der Waals surface area (Å²) in [5, 5.41) is 0. The topological polar surface area (TPSA) is 56.8 Å². The van der Waals surface area contributed by atoms with Crippen molar-refractivity contribution < 1.29 is 22.8 Å². The smallest absolute Gasteiger partial charge is 0.357 e. The third-order valence-electron chi connectivity index (χ3n) is 7.23. The highest BCUT2D eigenvalue weighted by molar-refractivity contribution is 8.00. The van der Waals surface area contributed by atoms with E-state index in [0.717, 1.165) is 29.1 Å². The van der Waals surface area contributed by atoms with Crippen LogP contribution in [0.15, 0.2) is 47.5 Å². The molecule has 35 heavy (non-hydrogen) atoms. The van der Waals surface area contributed by atoms with Crippen molar-refractivity contribution in [1.82, 2.24) is 9.88 Å². The predicted octanol–water partition coefficient (Wildman–Crippen LogP) is 5.96. The molecule has 2 aromatic rings. The van der Waals surface area contributed by atoms with E-state index in [9.17, 15) is 22.8 Å². The molecule has 1 aromatic heterocycles. The highest BCUT2D eigenvalue weighted by Gasteiger charge is 2.65. The lowest BCUT2D eigenvalue weighted by molar-refractivity contribution is -0.120. The van der Waals surface area contributed by atoms with Crippen LogP contribution in [0, 0.1) is 0 Å². The summed E-state index contributed by atoms with van der Waals surface area (Å²) < 4.78 is 37.9. The number of nitrogens with zero attached hydrogens (tertiary/aromatic N) is 4. The van der Waals surface area contributed by atoms with Gasteiger partial charge in [-0.15, -0.1) is 0 Å². The van der Waals surface area contributed by atoms with E-state index < -0.39 is 17.1 Å². The van der Waals surface area contributed by atoms with Crippen LogP contribution in [0.5, 0.6) is 0 Å². The number of rotatable bonds is 6. The zero-order valence-electron chi connectivity index (χ0n) is 19.4. The number of aromatic nitrogens is 1. The number of alkyl halides is 3. The minimum Gasteiger partial charge on any atom is -0.357 e. The summed E-state index contributed by atoms with van der Waals surface area (Å²) in [4.78, 5) is 36.1. The van der Waals surface area contributed by atoms with Crippen molar-refractivity contribution in [2.24, 2.45) is 0 Å². The third-order valence-corrected chi connectivity index (χ3v) is 7.97. The number of carbonyl (C=O) groups is 2. The first kappa shape index (κ1) is 24.0. The van der Waals surface area contributed by atoms with Crippen LogP contribution in [0.1, 0.15) is 50.5 Å². The first-order valence-electron chi connectivity index (χ1n) is 11.9. The van der Waals surface area contributed by atoms with Crippen LogP contribution in [0.4, 0.5) is 29.5 Å². The van der Waals surface area contributed by atoms with Crippen molar-refractivity contribution in [3.63, 3.8) is 0 Å². The van der Waals surface area contributed by atoms with Crippen LogP contribution in [0.25, 0.3) is 0 Å². The average molecular weight is 505 g/mol. The van der Waals surface area contributed by atoms with Crippen LogP contribution in [-0.2, 0) is 11.3 Å². The number of pyridine rings is 1. The average Bonchev–Trinajstić information content (AvgIpc) is 3.61. The highest BCUT2D eigenvalue weighted by Crippen LogP contribution is 2.50. The molecule has 1 spiro atoms. The molecule has 2 heterocycles. The molecule has 5 rings (SSSR count). The maximum atomic E-state index is 13.4. The van der Waals surface area contributed by atoms with E-state index in [0.29, 0.717) is 18.9 Å². The number of imide groups is 1. The monoisotopic (exact) mass is 504 g/mol. The fourth-order valence-corrected chi connectivity index (χ4v) is 5.69. The van der Waals surface area contributed by atoms with Gasteiger partial charge in [0.25, 0.3) is 5.91 Å². The Bertz CT molecular complexity index is 1110. The van der Waals surface area contributed by atoms with Crippen molar-refractivity contribution in [3.8, 4) is 0 Å². The van der Waals surface area contributed by atoms with E-state index in [4.69, 9.17) is 0 Å². The third kappa shape index (κ3) is 4.72. The molecule has 1 saturated heterocycles. The van der Waals surface area contributed by atoms with Crippen LogP contribution in [-0.4, -0.2) is 46.0 Å². The van der Waals surface area contributed by atoms with Crippen LogP contribution >= 0.6 is 11.8 Å². The van der Waals surface area contributed by atoms with E-state index >= 15 is 0 Å². The van der Waals surface area contributed by atoms with Gasteiger partial charge in [-0.2, -0.15) is 13.2 Å². The van der Waals surface area contributed by atoms with E-state index in [1.54, 1.807) is 11.1 Å². The minimum atomic E-state index is -4.40. The molecule has 0 bridgehead atoms. The Balaban J connectivity index is 1.34. The second-order valence-electron chi connectivity index (χ2n) is 9.51. The number of halogens is 3. The molecule has 186 valence electrons. The largest absolute Gasteiger partial charge is 0.446 e. The van der Waals surface area contributed by atoms with Gasteiger partial charge in [-0.25, -0.2) is 14.7 Å². The standard InChI is InChI=1S/C25H27F3N4O2S/c1-30(18-5-3-2-4-6-18)21-15-17(11-14-29-21)16-31-23(34)32(22(33)24(31)12-13-24)19-7-9-20(10-8-19)35-25(26,27)28/h7-11,14-15,18H,2-6,12-13,16H2,1H3. The van der Waals surface area contributed by atoms with Crippen molar-refractivity contribution in [2.75, 3.05) is 16.8 Å². The van der Waals surface area contributed by atoms with Gasteiger partial charge in [-0.05, 0) is 79.4 Å². The zero-order chi connectivity index (χ0) is 24.8. The second kappa shape index (κ2) is 9.04. The van der Waals surface area contributed by atoms with Crippen molar-refractivity contribution in [2.45, 2.75) is 73.5 Å². The van der Waals surface area contributed by atoms with Gasteiger partial charge in [0.2, 0.25) is 0 Å². The molecule has 1 aromatic carbocycles. The van der Waals surface area contributed by atoms with Gasteiger partial charge in [0.15, 0.2) is 0 Å². The molecule has 0 N–H and O–H groups in total. The lowest BCUT2D eigenvalue weighted by Crippen LogP contribution is -2.37. The van der Waals surface area contributed by atoms with E-state index in [2.05, 4.69) is 16.9 Å². The SMILES string of the molecule is CN(c1cc(CN2C(=O)N(c3ccc(SC(F)(F)F)cc3)C(=O)C23CC3)ccn1)C1CCCCC1. The number of thioether (sulfide) groups is 1. The number of anilines is 2. The van der Waals surface area contributed by atoms with Gasteiger partial charge in [0.1, 0.15) is 11.4 Å². The molecule has 6 nitrogen and oxygen atoms in total. The fraction of sp³-hybridized carbons (Fsp3) is 0.480. The molecule has 2 aliphatic carbocycles. The molecule has 2 saturated carbocycles. The molecule has 3 amide bonds. The Morgan fingerprint density at radius 3 is 2.40 bits per heavy atom. The van der Waals surface area contributed by atoms with Crippen molar-refractivity contribution in [1.29, 1.82) is 0 Å². The summed E-state index contributed by atoms with van der Waals surface area (Å²) in [7, 11) is 2.05. The molecule has 3 aliphatic rings. The number of benzene rings is 1. The van der Waals surface area contributed by atoms with Crippen LogP contribution in [0.3, 0.4) is 0 Å². The number of urea groups is 1. The maximum Gasteiger partial charge on any atom is 0.446 e. The molecule has 1 aliphatic heterocycles. The number of hydrogen-bond acceptors (Lipinski definition) is 5. The van der Waals surface area contributed by atoms with Crippen molar-refractivity contribution >= 4 is 35.2 Å². The van der Waals surface area contributed by atoms with Gasteiger partial charge in [-0.3, -0.25) is 4.79 Å². The van der Waals surface area contributed by atoms with E-state index in [1.807, 2.05) is 12.1 Å². The molecule has 0 atom stereocenters. The lowest BCUT2D eigenvalue weighted by Gasteiger charge is -2.32. The Labute approximate surface area is 206 Å². The summed E-state index contributed by atoms with van der Waals surface area (Å²) in [5.74, 6) is 0.541. The van der Waals surface area contributed by atoms with Gasteiger partial charge in [0, 0.05) is 30.7 Å². The first-order valence-corrected chi connectivity index (χ1v) is 12.7. The zero-order valence-corrected chi connectivity index (χ0v) is 20.2. The summed E-state index contributed by atoms with van der Waals surface area (Å²) in [5.41, 5.74) is -4.09. The summed E-state index contributed by atoms with van der Waals surface area (Å²) in [6.45, 7) is 0.275. The molecule has 3 fully saturated rings. The predicted molar refractivity (Wildman–Crippen MR) is 128 cm³/mol. The van der Waals surface area contributed by atoms with Gasteiger partial charge < -0.3 is 9.80 Å². The first-order chi connectivity index (χ1) is 16.7. The maximum absolute atomic E-state index is 13.4. The van der Waals surface area contributed by atoms with Crippen molar-refractivity contribution in [3.05, 3.63) is 48.2 Å². The number of amides is 3. The van der Waals surface area contributed by atoms with Crippen LogP contribution in [0.2, 0.25) is 0 Å². The Kier molecular flexibility index (Phi) is 6.19. The summed E-state index contributed by atoms with van der Waals surface area (Å²) in [6.07, 6.45) is 8.87. The van der Waals surface area contributed by atoms with Gasteiger partial charge in [-0.1, -0.05) is 19.3 Å². The highest BCUT2D eigenvalue weighted by atomic mass is 32.2. The second-order valence-corrected chi connectivity index (χ2v) is 10.6. The van der Waals surface area contributed by atoms with E-state index in [-0.39, 0.29) is 34.8 Å². The van der Waals surface area contributed by atoms with Gasteiger partial charge in [0.05, 0.1) is 5.69 Å². The Hall–Kier alpha value is -2.75. The minimum absolute atomic E-state index is 0.00439. The summed E-state index contributed by atoms with van der Waals surface area (Å²) >= 11 is -0.227. The number of hydrogen-bond donors (Lipinski definition) is 0. The molecule has 0 radical (unpaired) electrons. The van der Waals surface area contributed by atoms with Crippen LogP contribution < -0.4 is 9.80 Å². The fourth-order valence-electron chi connectivity index (χ4n) is 5.15. The summed E-state index contributed by atoms with van der Waals surface area (Å²) in [6, 6.07) is 9.21. The molecular formula is C25H27F3N4O2S. The molecular weight excluding hydrogens is 477 g/mol.